The van der Waals surface area contributed by atoms with Crippen LogP contribution in [0.4, 0.5) is 0 Å². The van der Waals surface area contributed by atoms with E-state index in [1.165, 1.54) is 17.1 Å². The van der Waals surface area contributed by atoms with Gasteiger partial charge < -0.3 is 10.2 Å². The van der Waals surface area contributed by atoms with Crippen LogP contribution in [0.25, 0.3) is 0 Å². The third-order valence-corrected chi connectivity index (χ3v) is 5.96. The van der Waals surface area contributed by atoms with Crippen molar-refractivity contribution in [3.8, 4) is 0 Å². The molecule has 0 radical (unpaired) electrons. The molecule has 8 heteroatoms. The lowest BCUT2D eigenvalue weighted by atomic mass is 10.4. The predicted octanol–water partition coefficient (Wildman–Crippen LogP) is 0.154. The molecule has 1 aliphatic heterocycles. The number of nitrogens with one attached hydrogen (secondary N) is 2. The first-order valence-corrected chi connectivity index (χ1v) is 8.78. The van der Waals surface area contributed by atoms with E-state index in [2.05, 4.69) is 20.4 Å². The van der Waals surface area contributed by atoms with Crippen LogP contribution in [0.5, 0.6) is 0 Å². The van der Waals surface area contributed by atoms with E-state index in [9.17, 15) is 8.42 Å². The number of sulfonamides is 1. The van der Waals surface area contributed by atoms with Gasteiger partial charge >= 0.3 is 0 Å². The summed E-state index contributed by atoms with van der Waals surface area (Å²) in [5.41, 5.74) is 1.14. The Hall–Kier alpha value is -0.960. The highest BCUT2D eigenvalue weighted by Crippen LogP contribution is 2.21. The van der Waals surface area contributed by atoms with Crippen molar-refractivity contribution < 1.29 is 8.42 Å². The van der Waals surface area contributed by atoms with Gasteiger partial charge in [0, 0.05) is 26.7 Å². The molecule has 0 bridgehead atoms. The number of H-pyrrole nitrogens is 1. The Morgan fingerprint density at radius 2 is 2.05 bits per heavy atom. The zero-order chi connectivity index (χ0) is 15.5. The number of aromatic amines is 1. The van der Waals surface area contributed by atoms with Crippen LogP contribution in [0, 0.1) is 6.92 Å². The van der Waals surface area contributed by atoms with Crippen LogP contribution >= 0.6 is 0 Å². The van der Waals surface area contributed by atoms with E-state index in [4.69, 9.17) is 0 Å². The van der Waals surface area contributed by atoms with Crippen molar-refractivity contribution in [2.24, 2.45) is 0 Å². The molecule has 2 N–H and O–H groups in total. The van der Waals surface area contributed by atoms with Crippen LogP contribution in [0.2, 0.25) is 0 Å². The van der Waals surface area contributed by atoms with Crippen LogP contribution in [0.15, 0.2) is 4.90 Å². The zero-order valence-corrected chi connectivity index (χ0v) is 13.8. The fourth-order valence-corrected chi connectivity index (χ4v) is 4.15. The van der Waals surface area contributed by atoms with E-state index in [1.807, 2.05) is 0 Å². The zero-order valence-electron chi connectivity index (χ0n) is 13.0. The van der Waals surface area contributed by atoms with Crippen molar-refractivity contribution in [1.82, 2.24) is 24.7 Å². The number of hydrogen-bond donors (Lipinski definition) is 2. The smallest absolute Gasteiger partial charge is 0.246 e. The van der Waals surface area contributed by atoms with Gasteiger partial charge in [0.25, 0.3) is 0 Å². The summed E-state index contributed by atoms with van der Waals surface area (Å²) in [6, 6.07) is 0. The van der Waals surface area contributed by atoms with Gasteiger partial charge in [-0.1, -0.05) is 0 Å². The molecule has 120 valence electrons. The minimum atomic E-state index is -3.50. The highest BCUT2D eigenvalue weighted by atomic mass is 32.2. The fourth-order valence-electron chi connectivity index (χ4n) is 2.66. The number of rotatable bonds is 7. The van der Waals surface area contributed by atoms with E-state index in [0.29, 0.717) is 29.4 Å². The first-order chi connectivity index (χ1) is 9.96. The molecule has 0 atom stereocenters. The molecule has 1 aliphatic rings. The van der Waals surface area contributed by atoms with E-state index in [-0.39, 0.29) is 0 Å². The van der Waals surface area contributed by atoms with E-state index >= 15 is 0 Å². The lowest BCUT2D eigenvalue weighted by Crippen LogP contribution is -2.35. The Bertz CT molecular complexity index is 563. The molecular formula is C13H25N5O2S. The summed E-state index contributed by atoms with van der Waals surface area (Å²) in [5, 5.41) is 9.81. The highest BCUT2D eigenvalue weighted by Gasteiger charge is 2.28. The Kier molecular flexibility index (Phi) is 5.37. The van der Waals surface area contributed by atoms with Crippen molar-refractivity contribution in [2.45, 2.75) is 31.2 Å². The van der Waals surface area contributed by atoms with Gasteiger partial charge in [-0.15, -0.1) is 0 Å². The summed E-state index contributed by atoms with van der Waals surface area (Å²) in [4.78, 5) is 2.61. The average molecular weight is 315 g/mol. The highest BCUT2D eigenvalue weighted by molar-refractivity contribution is 7.89. The van der Waals surface area contributed by atoms with Gasteiger partial charge in [-0.05, 0) is 39.9 Å². The molecule has 0 saturated carbocycles. The van der Waals surface area contributed by atoms with Gasteiger partial charge in [-0.3, -0.25) is 5.10 Å². The third kappa shape index (κ3) is 3.63. The number of nitrogens with zero attached hydrogens (tertiary/aromatic N) is 3. The van der Waals surface area contributed by atoms with Gasteiger partial charge in [-0.25, -0.2) is 8.42 Å². The molecule has 0 aliphatic carbocycles. The number of aryl methyl sites for hydroxylation is 1. The fraction of sp³-hybridized carbons (Fsp3) is 0.769. The molecule has 1 aromatic rings. The first kappa shape index (κ1) is 16.4. The summed E-state index contributed by atoms with van der Waals surface area (Å²) in [5.74, 6) is 0. The molecule has 2 heterocycles. The summed E-state index contributed by atoms with van der Waals surface area (Å²) in [6.07, 6.45) is 2.42. The standard InChI is InChI=1S/C13H25N5O2S/c1-11-13(12(10-14-2)16-15-11)21(19,20)17(3)8-9-18-6-4-5-7-18/h14H,4-10H2,1-3H3,(H,15,16). The summed E-state index contributed by atoms with van der Waals surface area (Å²) >= 11 is 0. The number of likely N-dealkylation sites (tertiary alicyclic amines) is 1. The number of likely N-dealkylation sites (N-methyl/N-ethyl adjacent to an activating group) is 1. The number of aromatic nitrogens is 2. The van der Waals surface area contributed by atoms with E-state index in [0.717, 1.165) is 19.6 Å². The molecule has 0 spiro atoms. The molecule has 2 rings (SSSR count). The molecular weight excluding hydrogens is 290 g/mol. The van der Waals surface area contributed by atoms with Crippen molar-refractivity contribution in [2.75, 3.05) is 40.3 Å². The SMILES string of the molecule is CNCc1n[nH]c(C)c1S(=O)(=O)N(C)CCN1CCCC1. The second kappa shape index (κ2) is 6.87. The van der Waals surface area contributed by atoms with Crippen molar-refractivity contribution in [1.29, 1.82) is 0 Å². The van der Waals surface area contributed by atoms with E-state index in [1.54, 1.807) is 21.0 Å². The quantitative estimate of drug-likeness (QED) is 0.749. The van der Waals surface area contributed by atoms with Crippen LogP contribution < -0.4 is 5.32 Å². The normalized spacial score (nSPS) is 17.0. The third-order valence-electron chi connectivity index (χ3n) is 3.90. The molecule has 0 amide bonds. The van der Waals surface area contributed by atoms with Gasteiger partial charge in [-0.2, -0.15) is 9.40 Å². The minimum absolute atomic E-state index is 0.306. The lowest BCUT2D eigenvalue weighted by molar-refractivity contribution is 0.310. The predicted molar refractivity (Wildman–Crippen MR) is 81.6 cm³/mol. The molecule has 7 nitrogen and oxygen atoms in total. The summed E-state index contributed by atoms with van der Waals surface area (Å²) < 4.78 is 26.9. The van der Waals surface area contributed by atoms with Crippen LogP contribution in [-0.4, -0.2) is 68.1 Å². The Morgan fingerprint density at radius 1 is 1.38 bits per heavy atom. The van der Waals surface area contributed by atoms with Crippen molar-refractivity contribution in [3.63, 3.8) is 0 Å². The summed E-state index contributed by atoms with van der Waals surface area (Å²) in [6.45, 7) is 5.61. The van der Waals surface area contributed by atoms with Crippen molar-refractivity contribution >= 4 is 10.0 Å². The molecule has 1 aromatic heterocycles. The number of hydrogen-bond acceptors (Lipinski definition) is 5. The lowest BCUT2D eigenvalue weighted by Gasteiger charge is -2.21. The Labute approximate surface area is 126 Å². The molecule has 1 saturated heterocycles. The first-order valence-electron chi connectivity index (χ1n) is 7.34. The summed E-state index contributed by atoms with van der Waals surface area (Å²) in [7, 11) is -0.0828. The van der Waals surface area contributed by atoms with Gasteiger partial charge in [0.15, 0.2) is 0 Å². The largest absolute Gasteiger partial charge is 0.314 e. The molecule has 21 heavy (non-hydrogen) atoms. The van der Waals surface area contributed by atoms with Crippen LogP contribution in [-0.2, 0) is 16.6 Å². The maximum atomic E-state index is 12.7. The van der Waals surface area contributed by atoms with Gasteiger partial charge in [0.1, 0.15) is 4.90 Å². The van der Waals surface area contributed by atoms with E-state index < -0.39 is 10.0 Å². The Balaban J connectivity index is 2.10. The van der Waals surface area contributed by atoms with Crippen molar-refractivity contribution in [3.05, 3.63) is 11.4 Å². The second-order valence-electron chi connectivity index (χ2n) is 5.53. The van der Waals surface area contributed by atoms with Gasteiger partial charge in [0.2, 0.25) is 10.0 Å². The minimum Gasteiger partial charge on any atom is -0.314 e. The topological polar surface area (TPSA) is 81.3 Å². The van der Waals surface area contributed by atoms with Crippen LogP contribution in [0.3, 0.4) is 0 Å². The molecule has 0 unspecified atom stereocenters. The maximum Gasteiger partial charge on any atom is 0.246 e. The molecule has 1 fully saturated rings. The monoisotopic (exact) mass is 315 g/mol. The molecule has 0 aromatic carbocycles. The van der Waals surface area contributed by atoms with Crippen LogP contribution in [0.1, 0.15) is 24.2 Å². The Morgan fingerprint density at radius 3 is 2.67 bits per heavy atom. The second-order valence-corrected chi connectivity index (χ2v) is 7.51. The average Bonchev–Trinajstić information content (AvgIpc) is 3.06. The maximum absolute atomic E-state index is 12.7. The van der Waals surface area contributed by atoms with Gasteiger partial charge in [0.05, 0.1) is 11.4 Å².